The molecule has 1 unspecified atom stereocenters. The number of phenols is 1. The first kappa shape index (κ1) is 34.5. The number of aromatic hydroxyl groups is 1. The predicted molar refractivity (Wildman–Crippen MR) is 211 cm³/mol. The second-order valence-electron chi connectivity index (χ2n) is 13.7. The van der Waals surface area contributed by atoms with Crippen LogP contribution in [0.15, 0.2) is 107 Å². The highest BCUT2D eigenvalue weighted by Gasteiger charge is 2.34. The molecule has 53 heavy (non-hydrogen) atoms. The quantitative estimate of drug-likeness (QED) is 0.148. The number of carbonyl (C=O) groups is 2. The van der Waals surface area contributed by atoms with Crippen LogP contribution in [-0.2, 0) is 17.8 Å². The lowest BCUT2D eigenvalue weighted by molar-refractivity contribution is -0.117. The largest absolute Gasteiger partial charge is 0.507 e. The Morgan fingerprint density at radius 2 is 1.77 bits per heavy atom. The first-order valence-corrected chi connectivity index (χ1v) is 18.6. The monoisotopic (exact) mass is 724 g/mol. The van der Waals surface area contributed by atoms with Crippen LogP contribution < -0.4 is 19.1 Å². The molecule has 2 N–H and O–H groups in total. The van der Waals surface area contributed by atoms with Crippen molar-refractivity contribution in [2.45, 2.75) is 43.2 Å². The molecular formula is C43H40N4O5S. The number of methoxy groups -OCH3 is 1. The second kappa shape index (κ2) is 14.4. The molecule has 2 atom stereocenters. The lowest BCUT2D eigenvalue weighted by Crippen LogP contribution is -2.43. The Labute approximate surface area is 313 Å². The number of anilines is 1. The van der Waals surface area contributed by atoms with Gasteiger partial charge in [0.15, 0.2) is 11.5 Å². The normalized spacial score (nSPS) is 17.6. The summed E-state index contributed by atoms with van der Waals surface area (Å²) in [7, 11) is 3.46. The van der Waals surface area contributed by atoms with Gasteiger partial charge in [0.05, 0.1) is 36.5 Å². The van der Waals surface area contributed by atoms with Gasteiger partial charge in [0, 0.05) is 47.6 Å². The first-order chi connectivity index (χ1) is 25.8. The summed E-state index contributed by atoms with van der Waals surface area (Å²) < 4.78 is 15.1. The SMILES string of the molecule is CNSc1ccc(C2=CCN3C(=O)c4cc(OC)c(OCc5cccc(CC(=O)N6C[C@@H](C)c7c6cc(O)c6ccccc76)c5)cc4N=CC3C2)cc1. The average molecular weight is 725 g/mol. The van der Waals surface area contributed by atoms with E-state index in [0.29, 0.717) is 42.3 Å². The summed E-state index contributed by atoms with van der Waals surface area (Å²) in [6.07, 6.45) is 4.87. The maximum absolute atomic E-state index is 13.8. The Kier molecular flexibility index (Phi) is 9.40. The summed E-state index contributed by atoms with van der Waals surface area (Å²) in [6, 6.07) is 29.0. The van der Waals surface area contributed by atoms with Gasteiger partial charge in [0.2, 0.25) is 5.91 Å². The van der Waals surface area contributed by atoms with Crippen LogP contribution in [0.4, 0.5) is 11.4 Å². The van der Waals surface area contributed by atoms with Gasteiger partial charge in [0.25, 0.3) is 5.91 Å². The van der Waals surface area contributed by atoms with Crippen molar-refractivity contribution in [2.24, 2.45) is 4.99 Å². The van der Waals surface area contributed by atoms with Gasteiger partial charge in [-0.05, 0) is 76.8 Å². The van der Waals surface area contributed by atoms with Crippen molar-refractivity contribution in [3.63, 3.8) is 0 Å². The molecule has 3 aliphatic heterocycles. The third-order valence-electron chi connectivity index (χ3n) is 10.3. The van der Waals surface area contributed by atoms with Gasteiger partial charge in [0.1, 0.15) is 12.4 Å². The fourth-order valence-electron chi connectivity index (χ4n) is 7.71. The second-order valence-corrected chi connectivity index (χ2v) is 14.7. The zero-order valence-electron chi connectivity index (χ0n) is 29.8. The minimum absolute atomic E-state index is 0.0292. The summed E-state index contributed by atoms with van der Waals surface area (Å²) in [4.78, 5) is 37.1. The average Bonchev–Trinajstić information content (AvgIpc) is 3.45. The number of rotatable bonds is 9. The van der Waals surface area contributed by atoms with Crippen molar-refractivity contribution < 1.29 is 24.2 Å². The number of nitrogens with one attached hydrogen (secondary N) is 1. The zero-order chi connectivity index (χ0) is 36.6. The van der Waals surface area contributed by atoms with Gasteiger partial charge in [-0.25, -0.2) is 0 Å². The molecule has 9 nitrogen and oxygen atoms in total. The number of carbonyl (C=O) groups excluding carboxylic acids is 2. The van der Waals surface area contributed by atoms with E-state index >= 15 is 0 Å². The molecule has 0 fully saturated rings. The number of phenolic OH excluding ortho intramolecular Hbond substituents is 1. The van der Waals surface area contributed by atoms with E-state index in [4.69, 9.17) is 14.5 Å². The van der Waals surface area contributed by atoms with Crippen molar-refractivity contribution in [1.82, 2.24) is 9.62 Å². The van der Waals surface area contributed by atoms with E-state index in [2.05, 4.69) is 42.0 Å². The van der Waals surface area contributed by atoms with E-state index in [1.807, 2.05) is 66.7 Å². The molecule has 0 radical (unpaired) electrons. The highest BCUT2D eigenvalue weighted by molar-refractivity contribution is 7.97. The van der Waals surface area contributed by atoms with Crippen molar-refractivity contribution in [2.75, 3.05) is 32.1 Å². The third kappa shape index (κ3) is 6.64. The van der Waals surface area contributed by atoms with E-state index in [1.165, 1.54) is 5.57 Å². The fraction of sp³-hybridized carbons (Fsp3) is 0.233. The fourth-order valence-corrected chi connectivity index (χ4v) is 8.21. The minimum Gasteiger partial charge on any atom is -0.507 e. The smallest absolute Gasteiger partial charge is 0.257 e. The Morgan fingerprint density at radius 3 is 2.57 bits per heavy atom. The van der Waals surface area contributed by atoms with E-state index < -0.39 is 0 Å². The topological polar surface area (TPSA) is 104 Å². The van der Waals surface area contributed by atoms with Crippen molar-refractivity contribution in [3.05, 3.63) is 125 Å². The lowest BCUT2D eigenvalue weighted by atomic mass is 9.94. The number of ether oxygens (including phenoxy) is 2. The number of hydrogen-bond acceptors (Lipinski definition) is 8. The molecule has 0 saturated heterocycles. The summed E-state index contributed by atoms with van der Waals surface area (Å²) in [6.45, 7) is 3.40. The Hall–Kier alpha value is -5.58. The van der Waals surface area contributed by atoms with Gasteiger partial charge in [-0.3, -0.25) is 19.3 Å². The minimum atomic E-state index is -0.177. The molecule has 3 heterocycles. The maximum Gasteiger partial charge on any atom is 0.257 e. The predicted octanol–water partition coefficient (Wildman–Crippen LogP) is 8.07. The van der Waals surface area contributed by atoms with Gasteiger partial charge < -0.3 is 24.4 Å². The van der Waals surface area contributed by atoms with E-state index in [9.17, 15) is 14.7 Å². The van der Waals surface area contributed by atoms with Crippen LogP contribution in [0.25, 0.3) is 16.3 Å². The maximum atomic E-state index is 13.8. The summed E-state index contributed by atoms with van der Waals surface area (Å²) in [5, 5.41) is 12.5. The number of fused-ring (bicyclic) bond motifs is 5. The van der Waals surface area contributed by atoms with Crippen molar-refractivity contribution in [3.8, 4) is 17.2 Å². The van der Waals surface area contributed by atoms with E-state index in [1.54, 1.807) is 42.2 Å². The number of amides is 2. The van der Waals surface area contributed by atoms with Crippen molar-refractivity contribution in [1.29, 1.82) is 0 Å². The summed E-state index contributed by atoms with van der Waals surface area (Å²) in [5.74, 6) is 1.12. The molecule has 0 aliphatic carbocycles. The van der Waals surface area contributed by atoms with E-state index in [0.717, 1.165) is 43.6 Å². The standard InChI is InChI=1S/C43H40N4O5S/c1-26-24-47(37-22-38(48)33-9-4-5-10-34(33)42(26)37)41(49)18-27-7-6-8-28(17-27)25-52-40-21-36-35(20-39(40)51-3)43(50)46-16-15-30(19-31(46)23-45-36)29-11-13-32(14-12-29)53-44-2/h4-15,17,20-23,26,31,44,48H,16,18-19,24-25H2,1-3H3/t26-,31?/m1/s1. The number of aliphatic imine (C=N–C) groups is 1. The van der Waals surface area contributed by atoms with Crippen LogP contribution in [0.1, 0.15) is 51.9 Å². The van der Waals surface area contributed by atoms with Gasteiger partial charge in [-0.1, -0.05) is 73.7 Å². The molecule has 5 aromatic carbocycles. The van der Waals surface area contributed by atoms with Gasteiger partial charge in [-0.15, -0.1) is 0 Å². The van der Waals surface area contributed by atoms with Crippen LogP contribution in [0.2, 0.25) is 0 Å². The van der Waals surface area contributed by atoms with Crippen LogP contribution in [0, 0.1) is 0 Å². The molecule has 0 spiro atoms. The Bertz CT molecular complexity index is 2300. The molecule has 268 valence electrons. The van der Waals surface area contributed by atoms with Crippen molar-refractivity contribution >= 4 is 57.7 Å². The number of hydrogen-bond donors (Lipinski definition) is 2. The van der Waals surface area contributed by atoms with Crippen LogP contribution in [-0.4, -0.2) is 61.3 Å². The number of nitrogens with zero attached hydrogens (tertiary/aromatic N) is 3. The Balaban J connectivity index is 0.964. The molecule has 8 rings (SSSR count). The highest BCUT2D eigenvalue weighted by atomic mass is 32.2. The summed E-state index contributed by atoms with van der Waals surface area (Å²) in [5.41, 5.74) is 6.96. The molecular weight excluding hydrogens is 685 g/mol. The molecule has 2 amide bonds. The first-order valence-electron chi connectivity index (χ1n) is 17.8. The van der Waals surface area contributed by atoms with Gasteiger partial charge in [-0.2, -0.15) is 0 Å². The molecule has 5 aromatic rings. The number of benzene rings is 5. The third-order valence-corrected chi connectivity index (χ3v) is 11.0. The van der Waals surface area contributed by atoms with Gasteiger partial charge >= 0.3 is 0 Å². The molecule has 10 heteroatoms. The van der Waals surface area contributed by atoms with Crippen LogP contribution in [0.3, 0.4) is 0 Å². The molecule has 0 aromatic heterocycles. The van der Waals surface area contributed by atoms with Crippen LogP contribution in [0.5, 0.6) is 17.2 Å². The molecule has 0 bridgehead atoms. The van der Waals surface area contributed by atoms with E-state index in [-0.39, 0.29) is 42.6 Å². The Morgan fingerprint density at radius 1 is 0.981 bits per heavy atom. The zero-order valence-corrected chi connectivity index (χ0v) is 30.7. The lowest BCUT2D eigenvalue weighted by Gasteiger charge is -2.32. The molecule has 3 aliphatic rings. The van der Waals surface area contributed by atoms with Crippen LogP contribution >= 0.6 is 11.9 Å². The highest BCUT2D eigenvalue weighted by Crippen LogP contribution is 2.45. The summed E-state index contributed by atoms with van der Waals surface area (Å²) >= 11 is 1.57. The molecule has 0 saturated carbocycles.